The van der Waals surface area contributed by atoms with Crippen LogP contribution in [0.1, 0.15) is 15.4 Å². The zero-order chi connectivity index (χ0) is 18.5. The number of nitrogens with one attached hydrogen (secondary N) is 2. The zero-order valence-electron chi connectivity index (χ0n) is 13.3. The highest BCUT2D eigenvalue weighted by Gasteiger charge is 2.12. The molecular weight excluding hydrogens is 397 g/mol. The Bertz CT molecular complexity index is 928. The number of thiazole rings is 1. The molecule has 0 spiro atoms. The molecule has 0 aliphatic carbocycles. The molecule has 0 saturated carbocycles. The van der Waals surface area contributed by atoms with Crippen molar-refractivity contribution in [1.29, 1.82) is 0 Å². The maximum Gasteiger partial charge on any atom is 0.271 e. The highest BCUT2D eigenvalue weighted by molar-refractivity contribution is 7.18. The first kappa shape index (κ1) is 18.6. The van der Waals surface area contributed by atoms with Gasteiger partial charge in [0.25, 0.3) is 11.8 Å². The number of ether oxygens (including phenoxy) is 1. The number of carbonyl (C=O) groups is 2. The molecular formula is C17H13Cl2N3O3S. The van der Waals surface area contributed by atoms with Crippen molar-refractivity contribution in [2.24, 2.45) is 0 Å². The van der Waals surface area contributed by atoms with Gasteiger partial charge in [-0.3, -0.25) is 20.4 Å². The van der Waals surface area contributed by atoms with Gasteiger partial charge in [-0.05, 0) is 30.3 Å². The highest BCUT2D eigenvalue weighted by Crippen LogP contribution is 2.22. The maximum atomic E-state index is 12.0. The highest BCUT2D eigenvalue weighted by atomic mass is 35.5. The molecule has 2 aromatic carbocycles. The van der Waals surface area contributed by atoms with Gasteiger partial charge in [-0.15, -0.1) is 11.3 Å². The zero-order valence-corrected chi connectivity index (χ0v) is 15.6. The van der Waals surface area contributed by atoms with Crippen molar-refractivity contribution in [2.45, 2.75) is 6.61 Å². The van der Waals surface area contributed by atoms with Crippen LogP contribution < -0.4 is 10.9 Å². The van der Waals surface area contributed by atoms with Crippen LogP contribution in [0, 0.1) is 0 Å². The molecule has 9 heteroatoms. The summed E-state index contributed by atoms with van der Waals surface area (Å²) in [4.78, 5) is 28.2. The lowest BCUT2D eigenvalue weighted by Gasteiger charge is -2.08. The van der Waals surface area contributed by atoms with Gasteiger partial charge in [0.05, 0.1) is 27.4 Å². The number of rotatable bonds is 5. The fourth-order valence-corrected chi connectivity index (χ4v) is 3.39. The Morgan fingerprint density at radius 3 is 2.73 bits per heavy atom. The fourth-order valence-electron chi connectivity index (χ4n) is 2.11. The number of hydrazine groups is 1. The first-order valence-electron chi connectivity index (χ1n) is 7.49. The number of para-hydroxylation sites is 1. The van der Waals surface area contributed by atoms with Crippen molar-refractivity contribution in [1.82, 2.24) is 15.8 Å². The monoisotopic (exact) mass is 409 g/mol. The Balaban J connectivity index is 1.45. The molecule has 1 aromatic heterocycles. The van der Waals surface area contributed by atoms with Gasteiger partial charge in [0.2, 0.25) is 0 Å². The van der Waals surface area contributed by atoms with E-state index in [9.17, 15) is 9.59 Å². The second-order valence-corrected chi connectivity index (χ2v) is 7.15. The van der Waals surface area contributed by atoms with Crippen LogP contribution in [-0.2, 0) is 16.1 Å². The van der Waals surface area contributed by atoms with Crippen LogP contribution in [0.5, 0.6) is 0 Å². The Kier molecular flexibility index (Phi) is 6.05. The van der Waals surface area contributed by atoms with Crippen LogP contribution in [0.3, 0.4) is 0 Å². The quantitative estimate of drug-likeness (QED) is 0.631. The minimum absolute atomic E-state index is 0.162. The number of fused-ring (bicyclic) bond motifs is 1. The Labute approximate surface area is 163 Å². The number of hydrogen-bond acceptors (Lipinski definition) is 5. The summed E-state index contributed by atoms with van der Waals surface area (Å²) in [6.07, 6.45) is 0. The third-order valence-electron chi connectivity index (χ3n) is 3.29. The fraction of sp³-hybridized carbons (Fsp3) is 0.118. The van der Waals surface area contributed by atoms with E-state index in [1.807, 2.05) is 24.3 Å². The van der Waals surface area contributed by atoms with Gasteiger partial charge in [-0.1, -0.05) is 35.3 Å². The maximum absolute atomic E-state index is 12.0. The van der Waals surface area contributed by atoms with Crippen molar-refractivity contribution in [3.63, 3.8) is 0 Å². The third-order valence-corrected chi connectivity index (χ3v) is 4.86. The summed E-state index contributed by atoms with van der Waals surface area (Å²) >= 11 is 13.3. The Morgan fingerprint density at radius 2 is 1.92 bits per heavy atom. The Hall–Kier alpha value is -2.19. The van der Waals surface area contributed by atoms with Gasteiger partial charge >= 0.3 is 0 Å². The topological polar surface area (TPSA) is 80.3 Å². The van der Waals surface area contributed by atoms with E-state index >= 15 is 0 Å². The molecule has 3 aromatic rings. The van der Waals surface area contributed by atoms with Crippen molar-refractivity contribution in [3.05, 3.63) is 63.1 Å². The van der Waals surface area contributed by atoms with Gasteiger partial charge in [-0.2, -0.15) is 0 Å². The molecule has 3 rings (SSSR count). The van der Waals surface area contributed by atoms with Crippen molar-refractivity contribution < 1.29 is 14.3 Å². The van der Waals surface area contributed by atoms with Crippen molar-refractivity contribution in [2.75, 3.05) is 6.61 Å². The van der Waals surface area contributed by atoms with E-state index in [4.69, 9.17) is 27.9 Å². The molecule has 0 aliphatic heterocycles. The van der Waals surface area contributed by atoms with E-state index in [2.05, 4.69) is 15.8 Å². The van der Waals surface area contributed by atoms with Crippen LogP contribution in [0.4, 0.5) is 0 Å². The molecule has 0 fully saturated rings. The minimum atomic E-state index is -0.572. The lowest BCUT2D eigenvalue weighted by Crippen LogP contribution is -2.43. The number of amides is 2. The largest absolute Gasteiger partial charge is 0.364 e. The molecule has 26 heavy (non-hydrogen) atoms. The van der Waals surface area contributed by atoms with E-state index < -0.39 is 11.8 Å². The van der Waals surface area contributed by atoms with Crippen LogP contribution >= 0.6 is 34.5 Å². The van der Waals surface area contributed by atoms with E-state index in [0.29, 0.717) is 5.02 Å². The van der Waals surface area contributed by atoms with Crippen LogP contribution in [0.15, 0.2) is 42.5 Å². The summed E-state index contributed by atoms with van der Waals surface area (Å²) in [5.74, 6) is -1.07. The van der Waals surface area contributed by atoms with E-state index in [0.717, 1.165) is 15.2 Å². The molecule has 0 unspecified atom stereocenters. The lowest BCUT2D eigenvalue weighted by molar-refractivity contribution is -0.126. The van der Waals surface area contributed by atoms with Crippen LogP contribution in [0.2, 0.25) is 10.0 Å². The van der Waals surface area contributed by atoms with E-state index in [1.54, 1.807) is 6.07 Å². The normalized spacial score (nSPS) is 10.7. The predicted molar refractivity (Wildman–Crippen MR) is 101 cm³/mol. The smallest absolute Gasteiger partial charge is 0.271 e. The third kappa shape index (κ3) is 4.70. The molecule has 0 saturated heterocycles. The summed E-state index contributed by atoms with van der Waals surface area (Å²) < 4.78 is 6.39. The van der Waals surface area contributed by atoms with Gasteiger partial charge in [-0.25, -0.2) is 4.98 Å². The summed E-state index contributed by atoms with van der Waals surface area (Å²) in [5.41, 5.74) is 5.58. The predicted octanol–water partition coefficient (Wildman–Crippen LogP) is 3.58. The lowest BCUT2D eigenvalue weighted by atomic mass is 10.2. The number of benzene rings is 2. The molecule has 0 bridgehead atoms. The number of halogens is 2. The number of hydrogen-bond donors (Lipinski definition) is 2. The Morgan fingerprint density at radius 1 is 1.12 bits per heavy atom. The second kappa shape index (κ2) is 8.46. The minimum Gasteiger partial charge on any atom is -0.364 e. The molecule has 134 valence electrons. The van der Waals surface area contributed by atoms with Crippen molar-refractivity contribution in [3.8, 4) is 0 Å². The molecule has 2 N–H and O–H groups in total. The first-order valence-corrected chi connectivity index (χ1v) is 9.06. The number of nitrogens with zero attached hydrogens (tertiary/aromatic N) is 1. The second-order valence-electron chi connectivity index (χ2n) is 5.19. The SMILES string of the molecule is O=C(COCc1nc2ccccc2s1)NNC(=O)c1cc(Cl)ccc1Cl. The summed E-state index contributed by atoms with van der Waals surface area (Å²) in [7, 11) is 0. The molecule has 6 nitrogen and oxygen atoms in total. The average Bonchev–Trinajstić information content (AvgIpc) is 3.04. The van der Waals surface area contributed by atoms with E-state index in [-0.39, 0.29) is 23.8 Å². The summed E-state index contributed by atoms with van der Waals surface area (Å²) in [6.45, 7) is -0.0136. The summed E-state index contributed by atoms with van der Waals surface area (Å²) in [5, 5.41) is 1.37. The first-order chi connectivity index (χ1) is 12.5. The standard InChI is InChI=1S/C17H13Cl2N3O3S/c18-10-5-6-12(19)11(7-10)17(24)22-21-15(23)8-25-9-16-20-13-3-1-2-4-14(13)26-16/h1-7H,8-9H2,(H,21,23)(H,22,24). The molecule has 0 aliphatic rings. The number of carbonyl (C=O) groups excluding carboxylic acids is 2. The molecule has 2 amide bonds. The van der Waals surface area contributed by atoms with E-state index in [1.165, 1.54) is 23.5 Å². The van der Waals surface area contributed by atoms with Gasteiger partial charge in [0, 0.05) is 5.02 Å². The summed E-state index contributed by atoms with van der Waals surface area (Å²) in [6, 6.07) is 12.2. The van der Waals surface area contributed by atoms with Gasteiger partial charge in [0.1, 0.15) is 11.6 Å². The molecule has 0 radical (unpaired) electrons. The van der Waals surface area contributed by atoms with Crippen LogP contribution in [-0.4, -0.2) is 23.4 Å². The average molecular weight is 410 g/mol. The van der Waals surface area contributed by atoms with Crippen molar-refractivity contribution >= 4 is 56.6 Å². The van der Waals surface area contributed by atoms with Gasteiger partial charge < -0.3 is 4.74 Å². The molecule has 1 heterocycles. The van der Waals surface area contributed by atoms with Gasteiger partial charge in [0.15, 0.2) is 0 Å². The van der Waals surface area contributed by atoms with Crippen LogP contribution in [0.25, 0.3) is 10.2 Å². The molecule has 0 atom stereocenters. The number of aromatic nitrogens is 1.